The predicted octanol–water partition coefficient (Wildman–Crippen LogP) is 5.80. The highest BCUT2D eigenvalue weighted by Gasteiger charge is 2.61. The first-order chi connectivity index (χ1) is 20.2. The first-order valence-electron chi connectivity index (χ1n) is 14.9. The first-order valence-corrected chi connectivity index (χ1v) is 14.9. The number of amides is 1. The summed E-state index contributed by atoms with van der Waals surface area (Å²) in [7, 11) is 1.86. The average Bonchev–Trinajstić information content (AvgIpc) is 3.23. The van der Waals surface area contributed by atoms with E-state index < -0.39 is 5.54 Å². The predicted molar refractivity (Wildman–Crippen MR) is 160 cm³/mol. The van der Waals surface area contributed by atoms with Gasteiger partial charge < -0.3 is 4.90 Å². The Hall–Kier alpha value is -4.31. The third-order valence-electron chi connectivity index (χ3n) is 10.5. The summed E-state index contributed by atoms with van der Waals surface area (Å²) in [6.07, 6.45) is 8.37. The molecule has 4 unspecified atom stereocenters. The fourth-order valence-electron chi connectivity index (χ4n) is 8.02. The fourth-order valence-corrected chi connectivity index (χ4v) is 8.02. The van der Waals surface area contributed by atoms with E-state index in [0.29, 0.717) is 64.0 Å². The molecule has 1 saturated heterocycles. The minimum Gasteiger partial charge on any atom is -0.336 e. The number of allylic oxidation sites excluding steroid dienone is 1. The molecule has 4 aliphatic rings. The molecule has 3 aliphatic carbocycles. The normalized spacial score (nSPS) is 26.5. The van der Waals surface area contributed by atoms with Crippen LogP contribution in [0.2, 0.25) is 0 Å². The van der Waals surface area contributed by atoms with E-state index in [2.05, 4.69) is 36.8 Å². The van der Waals surface area contributed by atoms with Crippen LogP contribution in [0.5, 0.6) is 0 Å². The summed E-state index contributed by atoms with van der Waals surface area (Å²) in [5, 5.41) is 9.21. The molecule has 2 aromatic heterocycles. The molecule has 7 heteroatoms. The molecule has 3 saturated carbocycles. The van der Waals surface area contributed by atoms with E-state index in [1.165, 1.54) is 6.42 Å². The maximum Gasteiger partial charge on any atom is 0.266 e. The smallest absolute Gasteiger partial charge is 0.266 e. The molecule has 1 amide bonds. The number of aromatic nitrogens is 2. The van der Waals surface area contributed by atoms with Crippen molar-refractivity contribution in [2.24, 2.45) is 29.1 Å². The van der Waals surface area contributed by atoms with E-state index in [0.717, 1.165) is 12.8 Å². The molecular weight excluding hydrogens is 522 g/mol. The van der Waals surface area contributed by atoms with Crippen LogP contribution in [-0.4, -0.2) is 45.1 Å². The third kappa shape index (κ3) is 4.15. The Bertz CT molecular complexity index is 1520. The average molecular weight is 560 g/mol. The highest BCUT2D eigenvalue weighted by molar-refractivity contribution is 6.06. The number of rotatable bonds is 7. The molecule has 7 rings (SSSR count). The van der Waals surface area contributed by atoms with Crippen molar-refractivity contribution < 1.29 is 9.59 Å². The number of nitriles is 1. The molecule has 42 heavy (non-hydrogen) atoms. The highest BCUT2D eigenvalue weighted by Crippen LogP contribution is 2.64. The zero-order valence-corrected chi connectivity index (χ0v) is 24.7. The summed E-state index contributed by atoms with van der Waals surface area (Å²) in [4.78, 5) is 41.7. The van der Waals surface area contributed by atoms with E-state index in [9.17, 15) is 14.9 Å². The standard InChI is InChI=1S/C35H37N5O2/c1-5-27-25(18-26-19-28(27)34(26,2)3)22-40-32(20-29(41)24-14-12-23(21-36)13-15-24)39(4)35(33(40)42,30-10-6-8-16-37-30)31-11-7-9-17-38-31/h6-17,20,25-28H,5,18-19,22H2,1-4H3. The number of carbonyl (C=O) groups is 2. The van der Waals surface area contributed by atoms with E-state index >= 15 is 0 Å². The van der Waals surface area contributed by atoms with Gasteiger partial charge in [0.05, 0.1) is 23.0 Å². The zero-order chi connectivity index (χ0) is 29.6. The lowest BCUT2D eigenvalue weighted by molar-refractivity contribution is -0.145. The minimum atomic E-state index is -1.32. The van der Waals surface area contributed by atoms with Crippen LogP contribution in [0.1, 0.15) is 67.3 Å². The number of nitrogens with zero attached hydrogens (tertiary/aromatic N) is 5. The van der Waals surface area contributed by atoms with Gasteiger partial charge in [0, 0.05) is 37.6 Å². The van der Waals surface area contributed by atoms with Gasteiger partial charge in [-0.15, -0.1) is 0 Å². The Morgan fingerprint density at radius 3 is 2.19 bits per heavy atom. The summed E-state index contributed by atoms with van der Waals surface area (Å²) in [5.74, 6) is 2.31. The number of ketones is 1. The van der Waals surface area contributed by atoms with Crippen molar-refractivity contribution in [1.82, 2.24) is 19.8 Å². The summed E-state index contributed by atoms with van der Waals surface area (Å²) in [6, 6.07) is 19.9. The third-order valence-corrected chi connectivity index (χ3v) is 10.5. The zero-order valence-electron chi connectivity index (χ0n) is 24.7. The quantitative estimate of drug-likeness (QED) is 0.269. The van der Waals surface area contributed by atoms with Crippen molar-refractivity contribution in [2.75, 3.05) is 13.6 Å². The number of hydrogen-bond acceptors (Lipinski definition) is 6. The van der Waals surface area contributed by atoms with Gasteiger partial charge in [-0.1, -0.05) is 39.3 Å². The first kappa shape index (κ1) is 27.8. The molecular formula is C35H37N5O2. The number of benzene rings is 1. The van der Waals surface area contributed by atoms with Crippen molar-refractivity contribution in [2.45, 2.75) is 45.6 Å². The number of hydrogen-bond donors (Lipinski definition) is 0. The van der Waals surface area contributed by atoms with Gasteiger partial charge in [-0.3, -0.25) is 24.5 Å². The molecule has 1 aromatic carbocycles. The Balaban J connectivity index is 1.47. The van der Waals surface area contributed by atoms with E-state index in [1.807, 2.05) is 53.2 Å². The molecule has 0 spiro atoms. The van der Waals surface area contributed by atoms with Gasteiger partial charge in [0.15, 0.2) is 5.78 Å². The van der Waals surface area contributed by atoms with E-state index in [4.69, 9.17) is 0 Å². The molecule has 3 heterocycles. The van der Waals surface area contributed by atoms with Crippen molar-refractivity contribution in [1.29, 1.82) is 5.26 Å². The fraction of sp³-hybridized carbons (Fsp3) is 0.400. The van der Waals surface area contributed by atoms with Crippen LogP contribution >= 0.6 is 0 Å². The second-order valence-electron chi connectivity index (χ2n) is 12.6. The van der Waals surface area contributed by atoms with Gasteiger partial charge in [-0.05, 0) is 90.5 Å². The number of fused-ring (bicyclic) bond motifs is 2. The SMILES string of the molecule is CCC1C(CN2C(=O)C(c3ccccn3)(c3ccccn3)N(C)C2=CC(=O)c2ccc(C#N)cc2)CC2CC1C2(C)C. The van der Waals surface area contributed by atoms with Crippen LogP contribution in [0.3, 0.4) is 0 Å². The molecule has 4 fully saturated rings. The molecule has 2 bridgehead atoms. The summed E-state index contributed by atoms with van der Waals surface area (Å²) in [6.45, 7) is 7.60. The Kier molecular flexibility index (Phi) is 6.97. The lowest BCUT2D eigenvalue weighted by Gasteiger charge is -2.63. The van der Waals surface area contributed by atoms with Crippen molar-refractivity contribution >= 4 is 11.7 Å². The van der Waals surface area contributed by atoms with Gasteiger partial charge in [0.2, 0.25) is 5.54 Å². The van der Waals surface area contributed by atoms with E-state index in [-0.39, 0.29) is 11.7 Å². The highest BCUT2D eigenvalue weighted by atomic mass is 16.2. The Morgan fingerprint density at radius 2 is 1.67 bits per heavy atom. The molecule has 4 atom stereocenters. The van der Waals surface area contributed by atoms with Gasteiger partial charge >= 0.3 is 0 Å². The lowest BCUT2D eigenvalue weighted by atomic mass is 9.43. The van der Waals surface area contributed by atoms with Crippen LogP contribution in [0, 0.1) is 40.4 Å². The largest absolute Gasteiger partial charge is 0.336 e. The molecule has 214 valence electrons. The van der Waals surface area contributed by atoms with Gasteiger partial charge in [-0.25, -0.2) is 0 Å². The van der Waals surface area contributed by atoms with Gasteiger partial charge in [-0.2, -0.15) is 5.26 Å². The van der Waals surface area contributed by atoms with E-state index in [1.54, 1.807) is 42.7 Å². The summed E-state index contributed by atoms with van der Waals surface area (Å²) < 4.78 is 0. The summed E-state index contributed by atoms with van der Waals surface area (Å²) >= 11 is 0. The van der Waals surface area contributed by atoms with Crippen LogP contribution in [0.4, 0.5) is 0 Å². The Morgan fingerprint density at radius 1 is 1.02 bits per heavy atom. The van der Waals surface area contributed by atoms with Crippen molar-refractivity contribution in [3.8, 4) is 6.07 Å². The molecule has 0 N–H and O–H groups in total. The maximum atomic E-state index is 15.0. The molecule has 0 radical (unpaired) electrons. The monoisotopic (exact) mass is 559 g/mol. The lowest BCUT2D eigenvalue weighted by Crippen LogP contribution is -2.57. The second kappa shape index (κ2) is 10.5. The van der Waals surface area contributed by atoms with Crippen LogP contribution in [0.25, 0.3) is 0 Å². The maximum absolute atomic E-state index is 15.0. The van der Waals surface area contributed by atoms with Crippen LogP contribution in [0.15, 0.2) is 85.0 Å². The van der Waals surface area contributed by atoms with Crippen molar-refractivity contribution in [3.05, 3.63) is 107 Å². The van der Waals surface area contributed by atoms with Crippen LogP contribution in [-0.2, 0) is 10.3 Å². The molecule has 3 aromatic rings. The molecule has 7 nitrogen and oxygen atoms in total. The van der Waals surface area contributed by atoms with Crippen molar-refractivity contribution in [3.63, 3.8) is 0 Å². The van der Waals surface area contributed by atoms with Crippen LogP contribution < -0.4 is 0 Å². The minimum absolute atomic E-state index is 0.144. The summed E-state index contributed by atoms with van der Waals surface area (Å²) in [5.41, 5.74) is 1.09. The Labute approximate surface area is 247 Å². The van der Waals surface area contributed by atoms with Gasteiger partial charge in [0.1, 0.15) is 5.82 Å². The number of likely N-dealkylation sites (N-methyl/N-ethyl adjacent to an activating group) is 1. The number of pyridine rings is 2. The van der Waals surface area contributed by atoms with Gasteiger partial charge in [0.25, 0.3) is 5.91 Å². The second-order valence-corrected chi connectivity index (χ2v) is 12.6. The molecule has 1 aliphatic heterocycles. The topological polar surface area (TPSA) is 90.2 Å². The number of carbonyl (C=O) groups excluding carboxylic acids is 2.